The number of hydrogen-bond donors (Lipinski definition) is 1. The van der Waals surface area contributed by atoms with Crippen molar-refractivity contribution in [3.05, 3.63) is 35.7 Å². The zero-order chi connectivity index (χ0) is 13.0. The molecule has 0 amide bonds. The quantitative estimate of drug-likeness (QED) is 0.861. The van der Waals surface area contributed by atoms with Crippen molar-refractivity contribution in [2.45, 2.75) is 26.1 Å². The number of benzene rings is 1. The number of nitrogens with zero attached hydrogens (tertiary/aromatic N) is 4. The fourth-order valence-corrected chi connectivity index (χ4v) is 1.55. The number of aryl methyl sites for hydroxylation is 1. The Hall–Kier alpha value is -1.95. The van der Waals surface area contributed by atoms with Crippen molar-refractivity contribution >= 4 is 0 Å². The second kappa shape index (κ2) is 5.59. The number of aliphatic hydroxyl groups is 1. The minimum atomic E-state index is -0.416. The summed E-state index contributed by atoms with van der Waals surface area (Å²) in [4.78, 5) is 1.39. The first-order chi connectivity index (χ1) is 8.69. The number of rotatable bonds is 5. The zero-order valence-electron chi connectivity index (χ0n) is 10.4. The van der Waals surface area contributed by atoms with Crippen LogP contribution in [0.25, 0.3) is 0 Å². The molecule has 0 saturated carbocycles. The maximum Gasteiger partial charge on any atom is 0.212 e. The van der Waals surface area contributed by atoms with Crippen LogP contribution in [0.15, 0.2) is 24.3 Å². The molecule has 0 fully saturated rings. The van der Waals surface area contributed by atoms with Gasteiger partial charge in [0, 0.05) is 0 Å². The number of aromatic nitrogens is 4. The van der Waals surface area contributed by atoms with Crippen LogP contribution in [0.4, 0.5) is 0 Å². The van der Waals surface area contributed by atoms with Gasteiger partial charge in [-0.1, -0.05) is 19.1 Å². The Morgan fingerprint density at radius 3 is 2.61 bits per heavy atom. The summed E-state index contributed by atoms with van der Waals surface area (Å²) in [6.45, 7) is 2.22. The molecular formula is C12H16N4O2. The number of hydrogen-bond acceptors (Lipinski definition) is 5. The van der Waals surface area contributed by atoms with E-state index in [0.29, 0.717) is 12.2 Å². The van der Waals surface area contributed by atoms with Crippen molar-refractivity contribution < 1.29 is 9.84 Å². The van der Waals surface area contributed by atoms with E-state index in [9.17, 15) is 5.11 Å². The van der Waals surface area contributed by atoms with Gasteiger partial charge < -0.3 is 9.84 Å². The number of ether oxygens (including phenoxy) is 1. The van der Waals surface area contributed by atoms with Crippen LogP contribution in [-0.4, -0.2) is 25.3 Å². The van der Waals surface area contributed by atoms with Crippen molar-refractivity contribution in [2.24, 2.45) is 7.05 Å². The largest absolute Gasteiger partial charge is 0.485 e. The third-order valence-electron chi connectivity index (χ3n) is 2.57. The van der Waals surface area contributed by atoms with Crippen LogP contribution >= 0.6 is 0 Å². The van der Waals surface area contributed by atoms with Crippen LogP contribution < -0.4 is 4.74 Å². The van der Waals surface area contributed by atoms with E-state index in [1.807, 2.05) is 31.2 Å². The van der Waals surface area contributed by atoms with Crippen molar-refractivity contribution in [1.29, 1.82) is 0 Å². The second-order valence-corrected chi connectivity index (χ2v) is 3.98. The molecule has 0 spiro atoms. The van der Waals surface area contributed by atoms with Gasteiger partial charge in [-0.3, -0.25) is 0 Å². The molecule has 1 aromatic carbocycles. The summed E-state index contributed by atoms with van der Waals surface area (Å²) in [6.07, 6.45) is 0.282. The third-order valence-corrected chi connectivity index (χ3v) is 2.57. The highest BCUT2D eigenvalue weighted by Crippen LogP contribution is 2.20. The summed E-state index contributed by atoms with van der Waals surface area (Å²) in [6, 6.07) is 7.36. The van der Waals surface area contributed by atoms with E-state index >= 15 is 0 Å². The normalized spacial score (nSPS) is 12.4. The van der Waals surface area contributed by atoms with Gasteiger partial charge in [-0.15, -0.1) is 10.2 Å². The molecule has 6 heteroatoms. The van der Waals surface area contributed by atoms with Gasteiger partial charge in [-0.05, 0) is 29.3 Å². The molecule has 18 heavy (non-hydrogen) atoms. The number of tetrazole rings is 1. The molecule has 2 aromatic rings. The van der Waals surface area contributed by atoms with Crippen LogP contribution in [0, 0.1) is 0 Å². The molecule has 6 nitrogen and oxygen atoms in total. The lowest BCUT2D eigenvalue weighted by atomic mass is 10.1. The van der Waals surface area contributed by atoms with Crippen LogP contribution in [0.1, 0.15) is 30.8 Å². The maximum atomic E-state index is 9.66. The molecule has 0 aliphatic heterocycles. The van der Waals surface area contributed by atoms with E-state index in [1.165, 1.54) is 4.80 Å². The molecule has 1 unspecified atom stereocenters. The lowest BCUT2D eigenvalue weighted by molar-refractivity contribution is 0.173. The van der Waals surface area contributed by atoms with E-state index in [-0.39, 0.29) is 6.61 Å². The third kappa shape index (κ3) is 3.04. The minimum absolute atomic E-state index is 0.281. The van der Waals surface area contributed by atoms with Crippen molar-refractivity contribution in [3.63, 3.8) is 0 Å². The van der Waals surface area contributed by atoms with Crippen LogP contribution in [0.3, 0.4) is 0 Å². The molecule has 0 aliphatic rings. The van der Waals surface area contributed by atoms with Crippen LogP contribution in [0.2, 0.25) is 0 Å². The van der Waals surface area contributed by atoms with Crippen molar-refractivity contribution in [1.82, 2.24) is 20.2 Å². The topological polar surface area (TPSA) is 73.1 Å². The first-order valence-electron chi connectivity index (χ1n) is 5.82. The SMILES string of the molecule is CCC(O)c1ccc(OCc2nnn(C)n2)cc1. The summed E-state index contributed by atoms with van der Waals surface area (Å²) in [7, 11) is 1.71. The molecule has 2 rings (SSSR count). The fourth-order valence-electron chi connectivity index (χ4n) is 1.55. The summed E-state index contributed by atoms with van der Waals surface area (Å²) in [5, 5.41) is 21.2. The van der Waals surface area contributed by atoms with Gasteiger partial charge in [0.05, 0.1) is 13.2 Å². The summed E-state index contributed by atoms with van der Waals surface area (Å²) in [5.41, 5.74) is 0.891. The molecule has 1 aromatic heterocycles. The standard InChI is InChI=1S/C12H16N4O2/c1-3-11(17)9-4-6-10(7-5-9)18-8-12-13-15-16(2)14-12/h4-7,11,17H,3,8H2,1-2H3. The Labute approximate surface area is 105 Å². The highest BCUT2D eigenvalue weighted by molar-refractivity contribution is 5.28. The Kier molecular flexibility index (Phi) is 3.88. The number of aliphatic hydroxyl groups excluding tert-OH is 1. The van der Waals surface area contributed by atoms with Gasteiger partial charge in [-0.2, -0.15) is 4.80 Å². The predicted molar refractivity (Wildman–Crippen MR) is 64.8 cm³/mol. The lowest BCUT2D eigenvalue weighted by Crippen LogP contribution is -2.00. The predicted octanol–water partition coefficient (Wildman–Crippen LogP) is 1.23. The average Bonchev–Trinajstić information content (AvgIpc) is 2.82. The van der Waals surface area contributed by atoms with Gasteiger partial charge in [-0.25, -0.2) is 0 Å². The van der Waals surface area contributed by atoms with Crippen molar-refractivity contribution in [2.75, 3.05) is 0 Å². The van der Waals surface area contributed by atoms with Gasteiger partial charge in [0.15, 0.2) is 6.61 Å². The monoisotopic (exact) mass is 248 g/mol. The first-order valence-corrected chi connectivity index (χ1v) is 5.82. The first kappa shape index (κ1) is 12.5. The molecule has 1 heterocycles. The van der Waals surface area contributed by atoms with E-state index in [0.717, 1.165) is 11.3 Å². The molecule has 96 valence electrons. The van der Waals surface area contributed by atoms with Gasteiger partial charge in [0.25, 0.3) is 0 Å². The van der Waals surface area contributed by atoms with Crippen LogP contribution in [-0.2, 0) is 13.7 Å². The highest BCUT2D eigenvalue weighted by Gasteiger charge is 2.05. The summed E-state index contributed by atoms with van der Waals surface area (Å²) >= 11 is 0. The molecule has 0 aliphatic carbocycles. The highest BCUT2D eigenvalue weighted by atomic mass is 16.5. The lowest BCUT2D eigenvalue weighted by Gasteiger charge is -2.09. The Morgan fingerprint density at radius 2 is 2.06 bits per heavy atom. The van der Waals surface area contributed by atoms with E-state index in [4.69, 9.17) is 4.74 Å². The molecular weight excluding hydrogens is 232 g/mol. The average molecular weight is 248 g/mol. The van der Waals surface area contributed by atoms with Gasteiger partial charge in [0.2, 0.25) is 5.82 Å². The Morgan fingerprint density at radius 1 is 1.33 bits per heavy atom. The van der Waals surface area contributed by atoms with Crippen molar-refractivity contribution in [3.8, 4) is 5.75 Å². The fraction of sp³-hybridized carbons (Fsp3) is 0.417. The molecule has 1 N–H and O–H groups in total. The molecule has 0 bridgehead atoms. The zero-order valence-corrected chi connectivity index (χ0v) is 10.4. The van der Waals surface area contributed by atoms with E-state index in [1.54, 1.807) is 7.05 Å². The molecule has 1 atom stereocenters. The minimum Gasteiger partial charge on any atom is -0.485 e. The van der Waals surface area contributed by atoms with Gasteiger partial charge >= 0.3 is 0 Å². The smallest absolute Gasteiger partial charge is 0.212 e. The van der Waals surface area contributed by atoms with Crippen LogP contribution in [0.5, 0.6) is 5.75 Å². The molecule has 0 saturated heterocycles. The van der Waals surface area contributed by atoms with E-state index < -0.39 is 6.10 Å². The maximum absolute atomic E-state index is 9.66. The Balaban J connectivity index is 1.94. The second-order valence-electron chi connectivity index (χ2n) is 3.98. The Bertz CT molecular complexity index is 495. The molecule has 0 radical (unpaired) electrons. The summed E-state index contributed by atoms with van der Waals surface area (Å²) in [5.74, 6) is 1.25. The van der Waals surface area contributed by atoms with Gasteiger partial charge in [0.1, 0.15) is 5.75 Å². The summed E-state index contributed by atoms with van der Waals surface area (Å²) < 4.78 is 5.51. The van der Waals surface area contributed by atoms with E-state index in [2.05, 4.69) is 15.4 Å².